The van der Waals surface area contributed by atoms with Crippen molar-refractivity contribution in [3.8, 4) is 11.9 Å². The lowest BCUT2D eigenvalue weighted by Crippen LogP contribution is -2.45. The van der Waals surface area contributed by atoms with Crippen LogP contribution in [0.25, 0.3) is 0 Å². The molecule has 2 heterocycles. The molecule has 1 saturated heterocycles. The largest absolute Gasteiger partial charge is 0.474 e. The molecule has 1 aliphatic heterocycles. The van der Waals surface area contributed by atoms with Crippen LogP contribution in [0, 0.1) is 11.3 Å². The first-order chi connectivity index (χ1) is 12.5. The molecule has 0 radical (unpaired) electrons. The summed E-state index contributed by atoms with van der Waals surface area (Å²) in [5.74, 6) is 0.538. The highest BCUT2D eigenvalue weighted by molar-refractivity contribution is 8.23. The van der Waals surface area contributed by atoms with Gasteiger partial charge in [-0.1, -0.05) is 24.0 Å². The summed E-state index contributed by atoms with van der Waals surface area (Å²) < 4.78 is 6.31. The molecule has 1 saturated carbocycles. The first-order valence-corrected chi connectivity index (χ1v) is 9.74. The van der Waals surface area contributed by atoms with E-state index < -0.39 is 0 Å². The van der Waals surface area contributed by atoms with Crippen molar-refractivity contribution in [2.75, 3.05) is 12.3 Å². The number of aromatic nitrogens is 1. The predicted octanol–water partition coefficient (Wildman–Crippen LogP) is 1.62. The maximum absolute atomic E-state index is 12.1. The van der Waals surface area contributed by atoms with Crippen LogP contribution in [0.2, 0.25) is 0 Å². The second-order valence-corrected chi connectivity index (χ2v) is 7.80. The highest BCUT2D eigenvalue weighted by Gasteiger charge is 2.30. The fourth-order valence-electron chi connectivity index (χ4n) is 2.96. The fraction of sp³-hybridized carbons (Fsp3) is 0.471. The molecule has 0 unspecified atom stereocenters. The van der Waals surface area contributed by atoms with Crippen molar-refractivity contribution in [2.24, 2.45) is 0 Å². The highest BCUT2D eigenvalue weighted by atomic mass is 32.2. The number of hydrogen-bond acceptors (Lipinski definition) is 7. The Hall–Kier alpha value is -2.18. The number of carbonyl (C=O) groups is 2. The first-order valence-electron chi connectivity index (χ1n) is 8.34. The van der Waals surface area contributed by atoms with Crippen LogP contribution < -0.4 is 10.1 Å². The smallest absolute Gasteiger partial charge is 0.240 e. The van der Waals surface area contributed by atoms with E-state index in [1.165, 1.54) is 22.9 Å². The molecule has 3 rings (SSSR count). The van der Waals surface area contributed by atoms with E-state index in [2.05, 4.69) is 10.3 Å². The minimum Gasteiger partial charge on any atom is -0.474 e. The number of nitrogens with zero attached hydrogens (tertiary/aromatic N) is 3. The van der Waals surface area contributed by atoms with Crippen LogP contribution in [0.15, 0.2) is 18.3 Å². The lowest BCUT2D eigenvalue weighted by molar-refractivity contribution is -0.130. The van der Waals surface area contributed by atoms with Gasteiger partial charge in [0.1, 0.15) is 23.0 Å². The molecule has 2 aliphatic rings. The molecule has 0 bridgehead atoms. The number of nitriles is 1. The second-order valence-electron chi connectivity index (χ2n) is 6.19. The molecule has 2 fully saturated rings. The van der Waals surface area contributed by atoms with Crippen molar-refractivity contribution in [1.82, 2.24) is 15.2 Å². The maximum atomic E-state index is 12.1. The van der Waals surface area contributed by atoms with E-state index >= 15 is 0 Å². The summed E-state index contributed by atoms with van der Waals surface area (Å²) >= 11 is 6.37. The van der Waals surface area contributed by atoms with Gasteiger partial charge < -0.3 is 10.1 Å². The van der Waals surface area contributed by atoms with E-state index in [1.807, 2.05) is 6.07 Å². The summed E-state index contributed by atoms with van der Waals surface area (Å²) in [6.07, 6.45) is 4.77. The Kier molecular flexibility index (Phi) is 6.06. The molecule has 1 aliphatic carbocycles. The molecule has 0 spiro atoms. The average molecular weight is 390 g/mol. The molecule has 7 nitrogen and oxygen atoms in total. The molecule has 0 atom stereocenters. The minimum atomic E-state index is -0.179. The highest BCUT2D eigenvalue weighted by Crippen LogP contribution is 2.23. The molecule has 9 heteroatoms. The topological polar surface area (TPSA) is 95.3 Å². The van der Waals surface area contributed by atoms with Gasteiger partial charge in [0, 0.05) is 18.3 Å². The van der Waals surface area contributed by atoms with Crippen molar-refractivity contribution in [3.63, 3.8) is 0 Å². The zero-order valence-corrected chi connectivity index (χ0v) is 15.6. The third kappa shape index (κ3) is 4.71. The summed E-state index contributed by atoms with van der Waals surface area (Å²) in [5.41, 5.74) is 0.498. The molecule has 1 aromatic rings. The van der Waals surface area contributed by atoms with E-state index in [0.29, 0.717) is 21.5 Å². The minimum absolute atomic E-state index is 0.00371. The standard InChI is InChI=1S/C17H18N4O3S2/c18-7-11-1-6-15(19-8-11)24-13-4-2-12(3-5-13)20-14(22)9-21-16(23)10-26-17(21)25/h1,6,8,12-13H,2-5,9-10H2,(H,20,22). The van der Waals surface area contributed by atoms with Crippen LogP contribution in [0.3, 0.4) is 0 Å². The van der Waals surface area contributed by atoms with Crippen LogP contribution >= 0.6 is 24.0 Å². The Bertz CT molecular complexity index is 723. The number of ether oxygens (including phenoxy) is 1. The van der Waals surface area contributed by atoms with E-state index in [9.17, 15) is 9.59 Å². The molecule has 1 aromatic heterocycles. The lowest BCUT2D eigenvalue weighted by Gasteiger charge is -2.29. The third-order valence-corrected chi connectivity index (χ3v) is 5.77. The maximum Gasteiger partial charge on any atom is 0.240 e. The van der Waals surface area contributed by atoms with E-state index in [4.69, 9.17) is 22.2 Å². The van der Waals surface area contributed by atoms with Crippen LogP contribution in [0.5, 0.6) is 5.88 Å². The molecule has 1 N–H and O–H groups in total. The summed E-state index contributed by atoms with van der Waals surface area (Å²) in [6, 6.07) is 5.47. The third-order valence-electron chi connectivity index (χ3n) is 4.33. The summed E-state index contributed by atoms with van der Waals surface area (Å²) in [4.78, 5) is 29.3. The van der Waals surface area contributed by atoms with Crippen LogP contribution in [0.4, 0.5) is 0 Å². The Morgan fingerprint density at radius 1 is 1.42 bits per heavy atom. The van der Waals surface area contributed by atoms with Crippen LogP contribution in [-0.2, 0) is 9.59 Å². The Labute approximate surface area is 161 Å². The van der Waals surface area contributed by atoms with Crippen molar-refractivity contribution in [3.05, 3.63) is 23.9 Å². The van der Waals surface area contributed by atoms with Crippen molar-refractivity contribution < 1.29 is 14.3 Å². The number of amides is 2. The Morgan fingerprint density at radius 3 is 2.77 bits per heavy atom. The molecule has 0 aromatic carbocycles. The molecular weight excluding hydrogens is 372 g/mol. The van der Waals surface area contributed by atoms with Crippen molar-refractivity contribution in [2.45, 2.75) is 37.8 Å². The number of nitrogens with one attached hydrogen (secondary N) is 1. The average Bonchev–Trinajstić information content (AvgIpc) is 2.96. The van der Waals surface area contributed by atoms with Gasteiger partial charge in [0.15, 0.2) is 0 Å². The quantitative estimate of drug-likeness (QED) is 0.763. The van der Waals surface area contributed by atoms with Gasteiger partial charge >= 0.3 is 0 Å². The van der Waals surface area contributed by atoms with E-state index in [0.717, 1.165) is 25.7 Å². The van der Waals surface area contributed by atoms with Gasteiger partial charge in [-0.2, -0.15) is 5.26 Å². The zero-order chi connectivity index (χ0) is 18.5. The normalized spacial score (nSPS) is 22.8. The van der Waals surface area contributed by atoms with Crippen LogP contribution in [0.1, 0.15) is 31.2 Å². The zero-order valence-electron chi connectivity index (χ0n) is 14.0. The fourth-order valence-corrected chi connectivity index (χ4v) is 4.03. The van der Waals surface area contributed by atoms with Gasteiger partial charge in [0.2, 0.25) is 17.7 Å². The van der Waals surface area contributed by atoms with Gasteiger partial charge in [-0.25, -0.2) is 4.98 Å². The Balaban J connectivity index is 1.42. The van der Waals surface area contributed by atoms with Crippen LogP contribution in [-0.4, -0.2) is 50.5 Å². The number of thiocarbonyl (C=S) groups is 1. The Morgan fingerprint density at radius 2 is 2.19 bits per heavy atom. The summed E-state index contributed by atoms with van der Waals surface area (Å²) in [5, 5.41) is 11.8. The van der Waals surface area contributed by atoms with E-state index in [1.54, 1.807) is 12.1 Å². The van der Waals surface area contributed by atoms with Gasteiger partial charge in [0.25, 0.3) is 0 Å². The SMILES string of the molecule is N#Cc1ccc(OC2CCC(NC(=O)CN3C(=O)CSC3=S)CC2)nc1. The lowest BCUT2D eigenvalue weighted by atomic mass is 9.93. The molecular formula is C17H18N4O3S2. The molecule has 136 valence electrons. The number of rotatable bonds is 5. The number of thioether (sulfide) groups is 1. The van der Waals surface area contributed by atoms with Gasteiger partial charge in [-0.05, 0) is 31.7 Å². The molecule has 2 amide bonds. The van der Waals surface area contributed by atoms with Gasteiger partial charge in [-0.15, -0.1) is 0 Å². The number of pyridine rings is 1. The first kappa shape index (κ1) is 18.6. The van der Waals surface area contributed by atoms with Gasteiger partial charge in [0.05, 0.1) is 11.3 Å². The van der Waals surface area contributed by atoms with Crippen molar-refractivity contribution in [1.29, 1.82) is 5.26 Å². The number of carbonyl (C=O) groups excluding carboxylic acids is 2. The summed E-state index contributed by atoms with van der Waals surface area (Å²) in [6.45, 7) is -0.00371. The van der Waals surface area contributed by atoms with E-state index in [-0.39, 0.29) is 30.5 Å². The molecule has 26 heavy (non-hydrogen) atoms. The second kappa shape index (κ2) is 8.47. The number of hydrogen-bond donors (Lipinski definition) is 1. The van der Waals surface area contributed by atoms with Crippen molar-refractivity contribution >= 4 is 40.1 Å². The summed E-state index contributed by atoms with van der Waals surface area (Å²) in [7, 11) is 0. The monoisotopic (exact) mass is 390 g/mol. The van der Waals surface area contributed by atoms with Gasteiger partial charge in [-0.3, -0.25) is 14.5 Å². The predicted molar refractivity (Wildman–Crippen MR) is 101 cm³/mol.